The molecular weight excluding hydrogens is 446 g/mol. The van der Waals surface area contributed by atoms with Crippen molar-refractivity contribution in [1.29, 1.82) is 0 Å². The number of aldehydes is 1. The van der Waals surface area contributed by atoms with Crippen LogP contribution in [0, 0.1) is 11.6 Å². The molecule has 0 amide bonds. The third-order valence-electron chi connectivity index (χ3n) is 5.26. The van der Waals surface area contributed by atoms with E-state index in [1.165, 1.54) is 7.05 Å². The van der Waals surface area contributed by atoms with Crippen LogP contribution in [0.5, 0.6) is 5.75 Å². The Morgan fingerprint density at radius 1 is 1.31 bits per heavy atom. The molecule has 2 unspecified atom stereocenters. The van der Waals surface area contributed by atoms with Gasteiger partial charge in [-0.1, -0.05) is 18.5 Å². The van der Waals surface area contributed by atoms with Crippen LogP contribution < -0.4 is 5.56 Å². The molecule has 0 aliphatic heterocycles. The molecule has 170 valence electrons. The fourth-order valence-corrected chi connectivity index (χ4v) is 3.89. The molecule has 0 saturated heterocycles. The molecule has 0 aliphatic rings. The van der Waals surface area contributed by atoms with Crippen molar-refractivity contribution in [3.63, 3.8) is 0 Å². The lowest BCUT2D eigenvalue weighted by Gasteiger charge is -2.26. The molecule has 2 heterocycles. The van der Waals surface area contributed by atoms with Crippen LogP contribution in [-0.4, -0.2) is 44.4 Å². The van der Waals surface area contributed by atoms with Gasteiger partial charge >= 0.3 is 0 Å². The number of hydrogen-bond acceptors (Lipinski definition) is 6. The number of rotatable bonds is 8. The molecule has 0 aliphatic carbocycles. The summed E-state index contributed by atoms with van der Waals surface area (Å²) >= 11 is 6.28. The highest BCUT2D eigenvalue weighted by molar-refractivity contribution is 6.31. The first-order chi connectivity index (χ1) is 15.2. The van der Waals surface area contributed by atoms with Crippen molar-refractivity contribution < 1.29 is 23.4 Å². The van der Waals surface area contributed by atoms with Crippen molar-refractivity contribution in [3.8, 4) is 5.75 Å². The van der Waals surface area contributed by atoms with Gasteiger partial charge in [0.05, 0.1) is 19.3 Å². The Labute approximate surface area is 187 Å². The Balaban J connectivity index is 2.21. The zero-order valence-corrected chi connectivity index (χ0v) is 18.3. The van der Waals surface area contributed by atoms with E-state index < -0.39 is 40.5 Å². The fourth-order valence-electron chi connectivity index (χ4n) is 3.62. The average Bonchev–Trinajstić information content (AvgIpc) is 3.23. The number of carbonyl (C=O) groups excluding carboxylic acids is 1. The van der Waals surface area contributed by atoms with E-state index in [1.807, 2.05) is 0 Å². The summed E-state index contributed by atoms with van der Waals surface area (Å²) in [6, 6.07) is 1.87. The summed E-state index contributed by atoms with van der Waals surface area (Å²) in [6.07, 6.45) is 3.53. The van der Waals surface area contributed by atoms with Crippen molar-refractivity contribution in [2.45, 2.75) is 25.3 Å². The largest absolute Gasteiger partial charge is 0.501 e. The molecule has 32 heavy (non-hydrogen) atoms. The maximum absolute atomic E-state index is 14.2. The van der Waals surface area contributed by atoms with Gasteiger partial charge in [-0.05, 0) is 23.3 Å². The normalized spacial score (nSPS) is 13.2. The van der Waals surface area contributed by atoms with Crippen LogP contribution >= 0.6 is 11.6 Å². The van der Waals surface area contributed by atoms with Crippen molar-refractivity contribution in [2.75, 3.05) is 13.7 Å². The van der Waals surface area contributed by atoms with Gasteiger partial charge in [-0.2, -0.15) is 5.10 Å². The fraction of sp³-hybridized carbons (Fsp3) is 0.333. The molecule has 3 rings (SSSR count). The Morgan fingerprint density at radius 2 is 2.00 bits per heavy atom. The molecule has 2 atom stereocenters. The maximum atomic E-state index is 14.2. The summed E-state index contributed by atoms with van der Waals surface area (Å²) < 4.78 is 35.7. The second-order valence-corrected chi connectivity index (χ2v) is 7.68. The monoisotopic (exact) mass is 466 g/mol. The third-order valence-corrected chi connectivity index (χ3v) is 5.59. The number of aromatic hydroxyl groups is 1. The lowest BCUT2D eigenvalue weighted by atomic mass is 9.82. The molecule has 0 bridgehead atoms. The van der Waals surface area contributed by atoms with Crippen LogP contribution in [-0.2, 0) is 18.3 Å². The minimum absolute atomic E-state index is 0.0234. The Hall–Kier alpha value is -3.11. The van der Waals surface area contributed by atoms with Gasteiger partial charge in [-0.25, -0.2) is 13.8 Å². The first kappa shape index (κ1) is 23.6. The van der Waals surface area contributed by atoms with Gasteiger partial charge in [0.1, 0.15) is 5.82 Å². The molecule has 2 aromatic heterocycles. The zero-order chi connectivity index (χ0) is 23.6. The standard InChI is InChI=1S/C21H21ClF2N4O4/c1-11(20-26-17(10-29)19(30)21(31)27(20)2)18(12-8-25-28(9-12)4-5-32-3)13-6-15(23)16(24)7-14(13)22/h6-11,18,30H,4-5H2,1-3H3. The molecule has 1 aromatic carbocycles. The van der Waals surface area contributed by atoms with Crippen molar-refractivity contribution in [2.24, 2.45) is 7.05 Å². The molecule has 11 heteroatoms. The van der Waals surface area contributed by atoms with Crippen LogP contribution in [0.1, 0.15) is 46.2 Å². The number of benzene rings is 1. The van der Waals surface area contributed by atoms with E-state index in [-0.39, 0.29) is 22.7 Å². The number of hydrogen-bond donors (Lipinski definition) is 1. The van der Waals surface area contributed by atoms with E-state index in [9.17, 15) is 23.5 Å². The second-order valence-electron chi connectivity index (χ2n) is 7.27. The summed E-state index contributed by atoms with van der Waals surface area (Å²) in [5.41, 5.74) is -0.383. The van der Waals surface area contributed by atoms with Gasteiger partial charge in [-0.15, -0.1) is 0 Å². The smallest absolute Gasteiger partial charge is 0.296 e. The quantitative estimate of drug-likeness (QED) is 0.404. The first-order valence-electron chi connectivity index (χ1n) is 9.60. The van der Waals surface area contributed by atoms with Gasteiger partial charge in [0.2, 0.25) is 5.75 Å². The first-order valence-corrected chi connectivity index (χ1v) is 9.98. The second kappa shape index (κ2) is 9.58. The van der Waals surface area contributed by atoms with Crippen LogP contribution in [0.25, 0.3) is 0 Å². The Morgan fingerprint density at radius 3 is 2.66 bits per heavy atom. The molecular formula is C21H21ClF2N4O4. The number of aromatic nitrogens is 4. The van der Waals surface area contributed by atoms with Crippen LogP contribution in [0.15, 0.2) is 29.3 Å². The molecule has 0 saturated carbocycles. The molecule has 0 fully saturated rings. The van der Waals surface area contributed by atoms with Gasteiger partial charge in [0.15, 0.2) is 23.6 Å². The Kier molecular flexibility index (Phi) is 7.05. The van der Waals surface area contributed by atoms with Crippen molar-refractivity contribution in [1.82, 2.24) is 19.3 Å². The highest BCUT2D eigenvalue weighted by Crippen LogP contribution is 2.41. The van der Waals surface area contributed by atoms with Crippen LogP contribution in [0.2, 0.25) is 5.02 Å². The van der Waals surface area contributed by atoms with Gasteiger partial charge in [-0.3, -0.25) is 18.8 Å². The molecule has 1 N–H and O–H groups in total. The minimum Gasteiger partial charge on any atom is -0.501 e. The van der Waals surface area contributed by atoms with Crippen LogP contribution in [0.3, 0.4) is 0 Å². The molecule has 0 spiro atoms. The highest BCUT2D eigenvalue weighted by atomic mass is 35.5. The van der Waals surface area contributed by atoms with E-state index in [0.717, 1.165) is 16.7 Å². The summed E-state index contributed by atoms with van der Waals surface area (Å²) in [5.74, 6) is -4.18. The SMILES string of the molecule is COCCn1cc(C(c2cc(F)c(F)cc2Cl)C(C)c2nc(C=O)c(O)c(=O)n2C)cn1. The summed E-state index contributed by atoms with van der Waals surface area (Å²) in [5, 5.41) is 14.1. The van der Waals surface area contributed by atoms with E-state index in [4.69, 9.17) is 16.3 Å². The van der Waals surface area contributed by atoms with Gasteiger partial charge < -0.3 is 9.84 Å². The van der Waals surface area contributed by atoms with Crippen molar-refractivity contribution in [3.05, 3.63) is 74.2 Å². The predicted molar refractivity (Wildman–Crippen MR) is 112 cm³/mol. The lowest BCUT2D eigenvalue weighted by Crippen LogP contribution is -2.27. The lowest BCUT2D eigenvalue weighted by molar-refractivity contribution is 0.111. The van der Waals surface area contributed by atoms with Gasteiger partial charge in [0.25, 0.3) is 5.56 Å². The summed E-state index contributed by atoms with van der Waals surface area (Å²) in [7, 11) is 2.94. The molecule has 8 nitrogen and oxygen atoms in total. The van der Waals surface area contributed by atoms with E-state index in [2.05, 4.69) is 10.1 Å². The number of carbonyl (C=O) groups is 1. The topological polar surface area (TPSA) is 99.2 Å². The minimum atomic E-state index is -1.10. The number of methoxy groups -OCH3 is 1. The van der Waals surface area contributed by atoms with Crippen LogP contribution in [0.4, 0.5) is 8.78 Å². The third kappa shape index (κ3) is 4.42. The number of nitrogens with zero attached hydrogens (tertiary/aromatic N) is 4. The van der Waals surface area contributed by atoms with Gasteiger partial charge in [0, 0.05) is 37.2 Å². The maximum Gasteiger partial charge on any atom is 0.296 e. The highest BCUT2D eigenvalue weighted by Gasteiger charge is 2.31. The van der Waals surface area contributed by atoms with E-state index in [0.29, 0.717) is 18.7 Å². The molecule has 0 radical (unpaired) electrons. The van der Waals surface area contributed by atoms with E-state index in [1.54, 1.807) is 31.1 Å². The summed E-state index contributed by atoms with van der Waals surface area (Å²) in [6.45, 7) is 2.56. The molecule has 3 aromatic rings. The summed E-state index contributed by atoms with van der Waals surface area (Å²) in [4.78, 5) is 27.8. The number of halogens is 3. The Bertz CT molecular complexity index is 1210. The predicted octanol–water partition coefficient (Wildman–Crippen LogP) is 3.01. The average molecular weight is 467 g/mol. The zero-order valence-electron chi connectivity index (χ0n) is 17.6. The van der Waals surface area contributed by atoms with Crippen molar-refractivity contribution >= 4 is 17.9 Å². The number of ether oxygens (including phenoxy) is 1. The van der Waals surface area contributed by atoms with E-state index >= 15 is 0 Å².